The number of benzene rings is 3. The third-order valence-corrected chi connectivity index (χ3v) is 8.53. The molecule has 1 fully saturated rings. The van der Waals surface area contributed by atoms with Crippen molar-refractivity contribution in [1.29, 1.82) is 0 Å². The molecule has 7 heteroatoms. The van der Waals surface area contributed by atoms with Gasteiger partial charge in [-0.3, -0.25) is 0 Å². The van der Waals surface area contributed by atoms with E-state index in [2.05, 4.69) is 71.7 Å². The molecule has 0 bridgehead atoms. The standard InChI is InChI=1S/C36H49N3O4/c1-38(2)20-21-39-19-6-9-30-12-11-28(24-34(30)39)26-43-36-25-37-18-17-33(36)29-13-15-32(16-14-29)42-23-7-22-41-27-31-8-4-5-10-35(31)40-3/h4-5,8,10-16,24,33,36-37H,6-7,9,17-23,25-27H2,1-3H3. The van der Waals surface area contributed by atoms with Gasteiger partial charge in [0.2, 0.25) is 0 Å². The number of likely N-dealkylation sites (N-methyl/N-ethyl adjacent to an activating group) is 1. The van der Waals surface area contributed by atoms with Crippen LogP contribution in [0.2, 0.25) is 0 Å². The first-order valence-electron chi connectivity index (χ1n) is 15.9. The maximum Gasteiger partial charge on any atom is 0.124 e. The zero-order chi connectivity index (χ0) is 29.9. The third kappa shape index (κ3) is 8.96. The van der Waals surface area contributed by atoms with Crippen LogP contribution in [0.5, 0.6) is 11.5 Å². The molecule has 0 aromatic heterocycles. The number of rotatable bonds is 15. The van der Waals surface area contributed by atoms with Gasteiger partial charge in [-0.05, 0) is 80.9 Å². The first kappa shape index (κ1) is 31.3. The molecular weight excluding hydrogens is 538 g/mol. The number of para-hydroxylation sites is 1. The van der Waals surface area contributed by atoms with Crippen LogP contribution >= 0.6 is 0 Å². The Kier molecular flexibility index (Phi) is 11.7. The zero-order valence-corrected chi connectivity index (χ0v) is 26.2. The first-order chi connectivity index (χ1) is 21.1. The van der Waals surface area contributed by atoms with Gasteiger partial charge in [-0.15, -0.1) is 0 Å². The molecule has 0 spiro atoms. The van der Waals surface area contributed by atoms with Gasteiger partial charge < -0.3 is 34.1 Å². The Labute approximate surface area is 258 Å². The number of fused-ring (bicyclic) bond motifs is 1. The van der Waals surface area contributed by atoms with Gasteiger partial charge in [0.25, 0.3) is 0 Å². The van der Waals surface area contributed by atoms with Crippen LogP contribution in [0.3, 0.4) is 0 Å². The molecule has 232 valence electrons. The number of piperidine rings is 1. The van der Waals surface area contributed by atoms with Gasteiger partial charge in [-0.2, -0.15) is 0 Å². The Morgan fingerprint density at radius 1 is 0.977 bits per heavy atom. The Hall–Kier alpha value is -3.10. The van der Waals surface area contributed by atoms with E-state index >= 15 is 0 Å². The summed E-state index contributed by atoms with van der Waals surface area (Å²) in [6.45, 7) is 7.60. The summed E-state index contributed by atoms with van der Waals surface area (Å²) >= 11 is 0. The summed E-state index contributed by atoms with van der Waals surface area (Å²) < 4.78 is 23.8. The second kappa shape index (κ2) is 16.1. The Morgan fingerprint density at radius 2 is 1.84 bits per heavy atom. The van der Waals surface area contributed by atoms with E-state index in [9.17, 15) is 0 Å². The number of ether oxygens (including phenoxy) is 4. The lowest BCUT2D eigenvalue weighted by molar-refractivity contribution is 0.0106. The monoisotopic (exact) mass is 587 g/mol. The predicted octanol–water partition coefficient (Wildman–Crippen LogP) is 5.66. The number of aryl methyl sites for hydroxylation is 1. The summed E-state index contributed by atoms with van der Waals surface area (Å²) in [5.74, 6) is 2.13. The lowest BCUT2D eigenvalue weighted by Gasteiger charge is -2.34. The Morgan fingerprint density at radius 3 is 2.67 bits per heavy atom. The fourth-order valence-electron chi connectivity index (χ4n) is 6.10. The minimum absolute atomic E-state index is 0.141. The highest BCUT2D eigenvalue weighted by Crippen LogP contribution is 2.32. The van der Waals surface area contributed by atoms with E-state index < -0.39 is 0 Å². The van der Waals surface area contributed by atoms with Crippen LogP contribution in [-0.4, -0.2) is 78.1 Å². The number of hydrogen-bond donors (Lipinski definition) is 1. The second-order valence-corrected chi connectivity index (χ2v) is 11.9. The van der Waals surface area contributed by atoms with E-state index in [4.69, 9.17) is 18.9 Å². The third-order valence-electron chi connectivity index (χ3n) is 8.53. The lowest BCUT2D eigenvalue weighted by Crippen LogP contribution is -2.41. The van der Waals surface area contributed by atoms with E-state index in [1.807, 2.05) is 24.3 Å². The van der Waals surface area contributed by atoms with E-state index in [-0.39, 0.29) is 6.10 Å². The van der Waals surface area contributed by atoms with Gasteiger partial charge in [0.15, 0.2) is 0 Å². The van der Waals surface area contributed by atoms with E-state index in [1.54, 1.807) is 7.11 Å². The fraction of sp³-hybridized carbons (Fsp3) is 0.500. The molecule has 2 aliphatic rings. The Bertz CT molecular complexity index is 1270. The molecule has 3 aromatic carbocycles. The molecule has 0 amide bonds. The molecule has 0 radical (unpaired) electrons. The molecular formula is C36H49N3O4. The average Bonchev–Trinajstić information content (AvgIpc) is 3.05. The molecule has 2 atom stereocenters. The number of nitrogens with zero attached hydrogens (tertiary/aromatic N) is 2. The number of hydrogen-bond acceptors (Lipinski definition) is 7. The van der Waals surface area contributed by atoms with Crippen molar-refractivity contribution in [2.75, 3.05) is 72.0 Å². The SMILES string of the molecule is COc1ccccc1COCCCOc1ccc(C2CCNCC2OCc2ccc3c(c2)N(CCN(C)C)CCC3)cc1. The molecule has 1 N–H and O–H groups in total. The van der Waals surface area contributed by atoms with E-state index in [0.29, 0.717) is 32.3 Å². The fourth-order valence-corrected chi connectivity index (χ4v) is 6.10. The van der Waals surface area contributed by atoms with Crippen LogP contribution in [0.15, 0.2) is 66.7 Å². The van der Waals surface area contributed by atoms with Crippen molar-refractivity contribution in [3.05, 3.63) is 89.0 Å². The van der Waals surface area contributed by atoms with Crippen molar-refractivity contribution < 1.29 is 18.9 Å². The van der Waals surface area contributed by atoms with Crippen molar-refractivity contribution in [2.45, 2.75) is 50.9 Å². The van der Waals surface area contributed by atoms with Gasteiger partial charge in [-0.1, -0.05) is 42.5 Å². The normalized spacial score (nSPS) is 18.5. The molecule has 5 rings (SSSR count). The summed E-state index contributed by atoms with van der Waals surface area (Å²) in [5, 5.41) is 3.55. The van der Waals surface area contributed by atoms with Gasteiger partial charge in [0, 0.05) is 49.8 Å². The molecule has 2 unspecified atom stereocenters. The van der Waals surface area contributed by atoms with Gasteiger partial charge in [0.05, 0.1) is 39.6 Å². The van der Waals surface area contributed by atoms with Gasteiger partial charge in [0.1, 0.15) is 11.5 Å². The van der Waals surface area contributed by atoms with Crippen LogP contribution in [0, 0.1) is 0 Å². The van der Waals surface area contributed by atoms with E-state index in [1.165, 1.54) is 35.2 Å². The zero-order valence-electron chi connectivity index (χ0n) is 26.2. The molecule has 7 nitrogen and oxygen atoms in total. The van der Waals surface area contributed by atoms with Crippen molar-refractivity contribution >= 4 is 5.69 Å². The molecule has 2 heterocycles. The van der Waals surface area contributed by atoms with Crippen LogP contribution in [0.1, 0.15) is 47.4 Å². The smallest absolute Gasteiger partial charge is 0.124 e. The second-order valence-electron chi connectivity index (χ2n) is 11.9. The minimum atomic E-state index is 0.141. The summed E-state index contributed by atoms with van der Waals surface area (Å²) in [5.41, 5.74) is 6.50. The van der Waals surface area contributed by atoms with Crippen LogP contribution in [0.4, 0.5) is 5.69 Å². The van der Waals surface area contributed by atoms with Crippen molar-refractivity contribution in [3.63, 3.8) is 0 Å². The first-order valence-corrected chi connectivity index (χ1v) is 15.9. The van der Waals surface area contributed by atoms with Crippen LogP contribution in [-0.2, 0) is 29.1 Å². The Balaban J connectivity index is 1.09. The van der Waals surface area contributed by atoms with Gasteiger partial charge in [-0.25, -0.2) is 0 Å². The largest absolute Gasteiger partial charge is 0.496 e. The molecule has 43 heavy (non-hydrogen) atoms. The lowest BCUT2D eigenvalue weighted by atomic mass is 9.87. The highest BCUT2D eigenvalue weighted by atomic mass is 16.5. The quantitative estimate of drug-likeness (QED) is 0.231. The highest BCUT2D eigenvalue weighted by Gasteiger charge is 2.27. The molecule has 3 aromatic rings. The number of methoxy groups -OCH3 is 1. The maximum absolute atomic E-state index is 6.60. The molecule has 2 aliphatic heterocycles. The summed E-state index contributed by atoms with van der Waals surface area (Å²) in [7, 11) is 5.98. The summed E-state index contributed by atoms with van der Waals surface area (Å²) in [6.07, 6.45) is 4.44. The highest BCUT2D eigenvalue weighted by molar-refractivity contribution is 5.57. The van der Waals surface area contributed by atoms with Crippen molar-refractivity contribution in [3.8, 4) is 11.5 Å². The molecule has 0 saturated carbocycles. The van der Waals surface area contributed by atoms with Crippen molar-refractivity contribution in [2.24, 2.45) is 0 Å². The minimum Gasteiger partial charge on any atom is -0.496 e. The van der Waals surface area contributed by atoms with Crippen LogP contribution < -0.4 is 19.7 Å². The predicted molar refractivity (Wildman–Crippen MR) is 174 cm³/mol. The number of nitrogens with one attached hydrogen (secondary N) is 1. The molecule has 0 aliphatic carbocycles. The van der Waals surface area contributed by atoms with E-state index in [0.717, 1.165) is 62.6 Å². The van der Waals surface area contributed by atoms with Gasteiger partial charge >= 0.3 is 0 Å². The number of anilines is 1. The summed E-state index contributed by atoms with van der Waals surface area (Å²) in [4.78, 5) is 4.81. The van der Waals surface area contributed by atoms with Crippen LogP contribution in [0.25, 0.3) is 0 Å². The van der Waals surface area contributed by atoms with Crippen molar-refractivity contribution in [1.82, 2.24) is 10.2 Å². The molecule has 1 saturated heterocycles. The topological polar surface area (TPSA) is 55.4 Å². The average molecular weight is 588 g/mol. The maximum atomic E-state index is 6.60. The summed E-state index contributed by atoms with van der Waals surface area (Å²) in [6, 6.07) is 23.5.